The first kappa shape index (κ1) is 21.0. The predicted molar refractivity (Wildman–Crippen MR) is 127 cm³/mol. The van der Waals surface area contributed by atoms with Gasteiger partial charge in [-0.1, -0.05) is 17.7 Å². The number of halogens is 1. The molecular weight excluding hydrogens is 446 g/mol. The summed E-state index contributed by atoms with van der Waals surface area (Å²) < 4.78 is 11.1. The Morgan fingerprint density at radius 1 is 1.19 bits per heavy atom. The van der Waals surface area contributed by atoms with Crippen LogP contribution in [0, 0.1) is 0 Å². The van der Waals surface area contributed by atoms with Gasteiger partial charge in [-0.15, -0.1) is 11.3 Å². The Kier molecular flexibility index (Phi) is 5.63. The third-order valence-electron chi connectivity index (χ3n) is 5.86. The van der Waals surface area contributed by atoms with E-state index in [0.717, 1.165) is 18.7 Å². The minimum atomic E-state index is -0.177. The van der Waals surface area contributed by atoms with Crippen molar-refractivity contribution in [2.45, 2.75) is 19.0 Å². The number of aromatic nitrogens is 2. The van der Waals surface area contributed by atoms with Gasteiger partial charge in [0.25, 0.3) is 5.56 Å². The van der Waals surface area contributed by atoms with E-state index in [1.165, 1.54) is 16.0 Å². The maximum absolute atomic E-state index is 12.7. The molecule has 0 aliphatic carbocycles. The molecule has 6 nitrogen and oxygen atoms in total. The van der Waals surface area contributed by atoms with Crippen molar-refractivity contribution in [2.75, 3.05) is 20.8 Å². The summed E-state index contributed by atoms with van der Waals surface area (Å²) in [6, 6.07) is 13.6. The largest absolute Gasteiger partial charge is 0.493 e. The van der Waals surface area contributed by atoms with Crippen LogP contribution in [0.15, 0.2) is 52.6 Å². The predicted octanol–water partition coefficient (Wildman–Crippen LogP) is 4.80. The molecule has 8 heteroatoms. The van der Waals surface area contributed by atoms with Crippen molar-refractivity contribution in [3.63, 3.8) is 0 Å². The number of nitrogens with one attached hydrogen (secondary N) is 1. The smallest absolute Gasteiger partial charge is 0.258 e. The molecule has 1 aliphatic heterocycles. The number of methoxy groups -OCH3 is 2. The zero-order chi connectivity index (χ0) is 22.2. The fraction of sp³-hybridized carbons (Fsp3) is 0.250. The highest BCUT2D eigenvalue weighted by Gasteiger charge is 2.31. The van der Waals surface area contributed by atoms with Gasteiger partial charge in [0, 0.05) is 16.4 Å². The number of hydrogen-bond donors (Lipinski definition) is 1. The lowest BCUT2D eigenvalue weighted by Gasteiger charge is -2.37. The van der Waals surface area contributed by atoms with Crippen LogP contribution >= 0.6 is 22.9 Å². The zero-order valence-corrected chi connectivity index (χ0v) is 19.3. The number of rotatable bonds is 5. The SMILES string of the molecule is COc1cc2c(cc1OC)C(c1cccs1)N(Cc1nc3ccc(Cl)cc3c(=O)[nH]1)CC2. The second-order valence-electron chi connectivity index (χ2n) is 7.72. The second kappa shape index (κ2) is 8.58. The first-order chi connectivity index (χ1) is 15.6. The van der Waals surface area contributed by atoms with Crippen molar-refractivity contribution in [1.82, 2.24) is 14.9 Å². The molecule has 0 saturated heterocycles. The maximum Gasteiger partial charge on any atom is 0.258 e. The van der Waals surface area contributed by atoms with Gasteiger partial charge in [-0.2, -0.15) is 0 Å². The molecular formula is C24H22ClN3O3S. The van der Waals surface area contributed by atoms with E-state index < -0.39 is 0 Å². The Morgan fingerprint density at radius 3 is 2.75 bits per heavy atom. The molecule has 0 bridgehead atoms. The quantitative estimate of drug-likeness (QED) is 0.456. The number of hydrogen-bond acceptors (Lipinski definition) is 6. The van der Waals surface area contributed by atoms with Crippen molar-refractivity contribution in [2.24, 2.45) is 0 Å². The highest BCUT2D eigenvalue weighted by molar-refractivity contribution is 7.10. The normalized spacial score (nSPS) is 16.2. The Morgan fingerprint density at radius 2 is 2.00 bits per heavy atom. The average Bonchev–Trinajstić information content (AvgIpc) is 3.33. The molecule has 5 rings (SSSR count). The number of fused-ring (bicyclic) bond motifs is 2. The first-order valence-corrected chi connectivity index (χ1v) is 11.5. The Balaban J connectivity index is 1.57. The number of ether oxygens (including phenoxy) is 2. The van der Waals surface area contributed by atoms with E-state index in [0.29, 0.717) is 34.0 Å². The van der Waals surface area contributed by atoms with Crippen molar-refractivity contribution in [1.29, 1.82) is 0 Å². The van der Waals surface area contributed by atoms with Gasteiger partial charge in [0.1, 0.15) is 5.82 Å². The highest BCUT2D eigenvalue weighted by atomic mass is 35.5. The van der Waals surface area contributed by atoms with E-state index in [-0.39, 0.29) is 11.6 Å². The zero-order valence-electron chi connectivity index (χ0n) is 17.7. The molecule has 2 aromatic carbocycles. The van der Waals surface area contributed by atoms with Crippen molar-refractivity contribution >= 4 is 33.8 Å². The highest BCUT2D eigenvalue weighted by Crippen LogP contribution is 2.42. The van der Waals surface area contributed by atoms with Crippen LogP contribution in [0.5, 0.6) is 11.5 Å². The van der Waals surface area contributed by atoms with E-state index in [4.69, 9.17) is 26.1 Å². The summed E-state index contributed by atoms with van der Waals surface area (Å²) in [5.41, 5.74) is 2.90. The summed E-state index contributed by atoms with van der Waals surface area (Å²) in [6.07, 6.45) is 0.866. The molecule has 0 spiro atoms. The summed E-state index contributed by atoms with van der Waals surface area (Å²) in [4.78, 5) is 23.9. The van der Waals surface area contributed by atoms with Crippen LogP contribution in [-0.2, 0) is 13.0 Å². The molecule has 32 heavy (non-hydrogen) atoms. The third-order valence-corrected chi connectivity index (χ3v) is 7.02. The van der Waals surface area contributed by atoms with Gasteiger partial charge in [-0.05, 0) is 59.3 Å². The molecule has 0 fully saturated rings. The summed E-state index contributed by atoms with van der Waals surface area (Å²) in [7, 11) is 3.31. The van der Waals surface area contributed by atoms with E-state index in [1.54, 1.807) is 43.8 Å². The topological polar surface area (TPSA) is 67.5 Å². The lowest BCUT2D eigenvalue weighted by molar-refractivity contribution is 0.201. The fourth-order valence-electron chi connectivity index (χ4n) is 4.37. The van der Waals surface area contributed by atoms with Gasteiger partial charge >= 0.3 is 0 Å². The van der Waals surface area contributed by atoms with Gasteiger partial charge in [0.15, 0.2) is 11.5 Å². The number of thiophene rings is 1. The average molecular weight is 468 g/mol. The third kappa shape index (κ3) is 3.77. The minimum absolute atomic E-state index is 0.0322. The molecule has 1 unspecified atom stereocenters. The molecule has 164 valence electrons. The number of aromatic amines is 1. The van der Waals surface area contributed by atoms with E-state index >= 15 is 0 Å². The first-order valence-electron chi connectivity index (χ1n) is 10.3. The van der Waals surface area contributed by atoms with Crippen LogP contribution in [0.1, 0.15) is 27.9 Å². The lowest BCUT2D eigenvalue weighted by atomic mass is 9.91. The van der Waals surface area contributed by atoms with Crippen molar-refractivity contribution < 1.29 is 9.47 Å². The monoisotopic (exact) mass is 467 g/mol. The van der Waals surface area contributed by atoms with Gasteiger partial charge < -0.3 is 14.5 Å². The molecule has 1 N–H and O–H groups in total. The molecule has 1 aliphatic rings. The van der Waals surface area contributed by atoms with Crippen LogP contribution in [0.2, 0.25) is 5.02 Å². The molecule has 0 saturated carbocycles. The summed E-state index contributed by atoms with van der Waals surface area (Å²) in [5.74, 6) is 2.09. The summed E-state index contributed by atoms with van der Waals surface area (Å²) in [5, 5.41) is 3.10. The number of H-pyrrole nitrogens is 1. The Bertz CT molecular complexity index is 1340. The minimum Gasteiger partial charge on any atom is -0.493 e. The van der Waals surface area contributed by atoms with Crippen LogP contribution in [0.3, 0.4) is 0 Å². The van der Waals surface area contributed by atoms with Gasteiger partial charge in [0.2, 0.25) is 0 Å². The summed E-state index contributed by atoms with van der Waals surface area (Å²) in [6.45, 7) is 1.34. The van der Waals surface area contributed by atoms with Gasteiger partial charge in [-0.3, -0.25) is 9.69 Å². The molecule has 2 aromatic heterocycles. The van der Waals surface area contributed by atoms with Gasteiger partial charge in [-0.25, -0.2) is 4.98 Å². The molecule has 1 atom stereocenters. The van der Waals surface area contributed by atoms with E-state index in [2.05, 4.69) is 39.5 Å². The molecule has 0 amide bonds. The van der Waals surface area contributed by atoms with E-state index in [9.17, 15) is 4.79 Å². The molecule has 3 heterocycles. The molecule has 0 radical (unpaired) electrons. The lowest BCUT2D eigenvalue weighted by Crippen LogP contribution is -2.36. The standard InChI is InChI=1S/C24H22ClN3O3S/c1-30-19-10-14-7-8-28(23(21-4-3-9-32-21)16(14)12-20(19)31-2)13-22-26-18-6-5-15(25)11-17(18)24(29)27-22/h3-6,9-12,23H,7-8,13H2,1-2H3,(H,26,27,29). The fourth-order valence-corrected chi connectivity index (χ4v) is 5.42. The Labute approximate surface area is 194 Å². The number of nitrogens with zero attached hydrogens (tertiary/aromatic N) is 2. The Hall–Kier alpha value is -2.87. The summed E-state index contributed by atoms with van der Waals surface area (Å²) >= 11 is 7.77. The van der Waals surface area contributed by atoms with Crippen LogP contribution in [0.25, 0.3) is 10.9 Å². The van der Waals surface area contributed by atoms with Crippen LogP contribution in [-0.4, -0.2) is 35.6 Å². The second-order valence-corrected chi connectivity index (χ2v) is 9.13. The van der Waals surface area contributed by atoms with Crippen LogP contribution < -0.4 is 15.0 Å². The van der Waals surface area contributed by atoms with Gasteiger partial charge in [0.05, 0.1) is 37.7 Å². The number of benzene rings is 2. The van der Waals surface area contributed by atoms with Crippen LogP contribution in [0.4, 0.5) is 0 Å². The maximum atomic E-state index is 12.7. The van der Waals surface area contributed by atoms with E-state index in [1.807, 2.05) is 0 Å². The van der Waals surface area contributed by atoms with Crippen molar-refractivity contribution in [3.05, 3.63) is 85.0 Å². The van der Waals surface area contributed by atoms with Crippen molar-refractivity contribution in [3.8, 4) is 11.5 Å². The molecule has 4 aromatic rings.